The number of carbonyl (C=O) groups excluding carboxylic acids is 2. The summed E-state index contributed by atoms with van der Waals surface area (Å²) >= 11 is 7.90. The van der Waals surface area contributed by atoms with Gasteiger partial charge in [0.2, 0.25) is 11.8 Å². The van der Waals surface area contributed by atoms with E-state index in [2.05, 4.69) is 35.9 Å². The SMILES string of the molecule is CC(C)C[C@H](NC(=O)[C@@H](N)CCS)C(=O)N[C@H](CS)C(=O)O. The van der Waals surface area contributed by atoms with Crippen LogP contribution in [-0.4, -0.2) is 52.5 Å². The third-order valence-corrected chi connectivity index (χ3v) is 3.54. The molecule has 22 heavy (non-hydrogen) atoms. The van der Waals surface area contributed by atoms with Crippen LogP contribution in [0.2, 0.25) is 0 Å². The van der Waals surface area contributed by atoms with Crippen LogP contribution < -0.4 is 16.4 Å². The van der Waals surface area contributed by atoms with Crippen LogP contribution >= 0.6 is 25.3 Å². The van der Waals surface area contributed by atoms with Gasteiger partial charge in [0.15, 0.2) is 0 Å². The first-order valence-electron chi connectivity index (χ1n) is 7.03. The average molecular weight is 351 g/mol. The Kier molecular flexibility index (Phi) is 10.3. The number of aliphatic carboxylic acids is 1. The van der Waals surface area contributed by atoms with Gasteiger partial charge in [-0.1, -0.05) is 13.8 Å². The fourth-order valence-electron chi connectivity index (χ4n) is 1.71. The summed E-state index contributed by atoms with van der Waals surface area (Å²) in [5.41, 5.74) is 5.68. The van der Waals surface area contributed by atoms with Gasteiger partial charge in [0, 0.05) is 5.75 Å². The highest BCUT2D eigenvalue weighted by molar-refractivity contribution is 7.80. The van der Waals surface area contributed by atoms with Gasteiger partial charge in [0.25, 0.3) is 0 Å². The van der Waals surface area contributed by atoms with Gasteiger partial charge >= 0.3 is 5.97 Å². The second-order valence-electron chi connectivity index (χ2n) is 5.39. The molecule has 3 atom stereocenters. The van der Waals surface area contributed by atoms with Gasteiger partial charge in [-0.15, -0.1) is 0 Å². The van der Waals surface area contributed by atoms with Gasteiger partial charge in [-0.2, -0.15) is 25.3 Å². The standard InChI is InChI=1S/C13H25N3O4S2/c1-7(2)5-9(15-11(17)8(14)3-4-21)12(18)16-10(6-22)13(19)20/h7-10,21-22H,3-6,14H2,1-2H3,(H,15,17)(H,16,18)(H,19,20)/t8-,9-,10+/m0/s1. The molecule has 0 radical (unpaired) electrons. The molecule has 9 heteroatoms. The molecule has 0 saturated heterocycles. The Morgan fingerprint density at radius 1 is 1.09 bits per heavy atom. The predicted octanol–water partition coefficient (Wildman–Crippen LogP) is -0.336. The molecular weight excluding hydrogens is 326 g/mol. The summed E-state index contributed by atoms with van der Waals surface area (Å²) in [6.07, 6.45) is 0.767. The molecule has 0 unspecified atom stereocenters. The summed E-state index contributed by atoms with van der Waals surface area (Å²) in [4.78, 5) is 35.1. The molecule has 0 saturated carbocycles. The minimum atomic E-state index is -1.18. The third kappa shape index (κ3) is 7.90. The number of rotatable bonds is 10. The Morgan fingerprint density at radius 3 is 2.05 bits per heavy atom. The molecule has 5 N–H and O–H groups in total. The zero-order valence-corrected chi connectivity index (χ0v) is 14.6. The predicted molar refractivity (Wildman–Crippen MR) is 91.3 cm³/mol. The molecule has 0 rings (SSSR count). The molecule has 0 aromatic heterocycles. The van der Waals surface area contributed by atoms with Crippen molar-refractivity contribution in [2.75, 3.05) is 11.5 Å². The molecule has 0 spiro atoms. The lowest BCUT2D eigenvalue weighted by molar-refractivity contribution is -0.141. The van der Waals surface area contributed by atoms with Gasteiger partial charge in [-0.05, 0) is 24.5 Å². The molecule has 0 aromatic rings. The third-order valence-electron chi connectivity index (χ3n) is 2.91. The van der Waals surface area contributed by atoms with E-state index in [0.717, 1.165) is 0 Å². The summed E-state index contributed by atoms with van der Waals surface area (Å²) in [7, 11) is 0. The number of carboxylic acid groups (broad SMARTS) is 1. The number of amides is 2. The van der Waals surface area contributed by atoms with Gasteiger partial charge in [-0.3, -0.25) is 9.59 Å². The highest BCUT2D eigenvalue weighted by Crippen LogP contribution is 2.06. The lowest BCUT2D eigenvalue weighted by Crippen LogP contribution is -2.55. The van der Waals surface area contributed by atoms with E-state index in [-0.39, 0.29) is 11.7 Å². The molecule has 7 nitrogen and oxygen atoms in total. The van der Waals surface area contributed by atoms with Crippen LogP contribution in [0, 0.1) is 5.92 Å². The first-order valence-corrected chi connectivity index (χ1v) is 8.30. The highest BCUT2D eigenvalue weighted by Gasteiger charge is 2.27. The van der Waals surface area contributed by atoms with Crippen LogP contribution in [0.25, 0.3) is 0 Å². The molecule has 0 aliphatic rings. The molecule has 0 fully saturated rings. The first kappa shape index (κ1) is 21.1. The van der Waals surface area contributed by atoms with E-state index in [1.807, 2.05) is 13.8 Å². The van der Waals surface area contributed by atoms with Crippen molar-refractivity contribution < 1.29 is 19.5 Å². The maximum Gasteiger partial charge on any atom is 0.327 e. The number of nitrogens with two attached hydrogens (primary N) is 1. The van der Waals surface area contributed by atoms with Crippen LogP contribution in [0.15, 0.2) is 0 Å². The number of hydrogen-bond donors (Lipinski definition) is 6. The second-order valence-corrected chi connectivity index (χ2v) is 6.20. The Morgan fingerprint density at radius 2 is 1.64 bits per heavy atom. The number of thiol groups is 2. The van der Waals surface area contributed by atoms with E-state index in [1.54, 1.807) is 0 Å². The van der Waals surface area contributed by atoms with Gasteiger partial charge in [0.1, 0.15) is 12.1 Å². The lowest BCUT2D eigenvalue weighted by Gasteiger charge is -2.23. The Labute approximate surface area is 141 Å². The van der Waals surface area contributed by atoms with Gasteiger partial charge in [-0.25, -0.2) is 4.79 Å². The number of hydrogen-bond acceptors (Lipinski definition) is 6. The van der Waals surface area contributed by atoms with Crippen molar-refractivity contribution in [3.8, 4) is 0 Å². The first-order chi connectivity index (χ1) is 10.2. The van der Waals surface area contributed by atoms with Crippen molar-refractivity contribution in [2.24, 2.45) is 11.7 Å². The maximum atomic E-state index is 12.2. The molecule has 0 bridgehead atoms. The molecular formula is C13H25N3O4S2. The molecule has 128 valence electrons. The van der Waals surface area contributed by atoms with E-state index in [9.17, 15) is 14.4 Å². The van der Waals surface area contributed by atoms with Crippen LogP contribution in [0.1, 0.15) is 26.7 Å². The van der Waals surface area contributed by atoms with E-state index < -0.39 is 35.9 Å². The number of carboxylic acids is 1. The van der Waals surface area contributed by atoms with Crippen molar-refractivity contribution in [3.63, 3.8) is 0 Å². The second kappa shape index (κ2) is 10.7. The van der Waals surface area contributed by atoms with Crippen molar-refractivity contribution in [2.45, 2.75) is 44.8 Å². The quantitative estimate of drug-likeness (QED) is 0.301. The van der Waals surface area contributed by atoms with Crippen LogP contribution in [0.3, 0.4) is 0 Å². The monoisotopic (exact) mass is 351 g/mol. The summed E-state index contributed by atoms with van der Waals surface area (Å²) in [5.74, 6) is -1.63. The van der Waals surface area contributed by atoms with E-state index in [1.165, 1.54) is 0 Å². The summed E-state index contributed by atoms with van der Waals surface area (Å²) in [6.45, 7) is 3.79. The lowest BCUT2D eigenvalue weighted by atomic mass is 10.0. The van der Waals surface area contributed by atoms with Crippen molar-refractivity contribution >= 4 is 43.0 Å². The smallest absolute Gasteiger partial charge is 0.327 e. The zero-order chi connectivity index (χ0) is 17.3. The van der Waals surface area contributed by atoms with Gasteiger partial charge < -0.3 is 21.5 Å². The Bertz CT molecular complexity index is 393. The Hall–Kier alpha value is -0.930. The topological polar surface area (TPSA) is 122 Å². The van der Waals surface area contributed by atoms with E-state index in [4.69, 9.17) is 10.8 Å². The van der Waals surface area contributed by atoms with E-state index in [0.29, 0.717) is 18.6 Å². The summed E-state index contributed by atoms with van der Waals surface area (Å²) < 4.78 is 0. The summed E-state index contributed by atoms with van der Waals surface area (Å²) in [6, 6.07) is -2.69. The van der Waals surface area contributed by atoms with Crippen molar-refractivity contribution in [1.29, 1.82) is 0 Å². The minimum Gasteiger partial charge on any atom is -0.480 e. The highest BCUT2D eigenvalue weighted by atomic mass is 32.1. The van der Waals surface area contributed by atoms with Crippen LogP contribution in [0.4, 0.5) is 0 Å². The number of carbonyl (C=O) groups is 3. The zero-order valence-electron chi connectivity index (χ0n) is 12.8. The fourth-order valence-corrected chi connectivity index (χ4v) is 2.24. The molecule has 0 aliphatic carbocycles. The van der Waals surface area contributed by atoms with E-state index >= 15 is 0 Å². The van der Waals surface area contributed by atoms with Crippen LogP contribution in [-0.2, 0) is 14.4 Å². The Balaban J connectivity index is 4.85. The normalized spacial score (nSPS) is 15.0. The largest absolute Gasteiger partial charge is 0.480 e. The van der Waals surface area contributed by atoms with Gasteiger partial charge in [0.05, 0.1) is 6.04 Å². The number of nitrogens with one attached hydrogen (secondary N) is 2. The summed E-state index contributed by atoms with van der Waals surface area (Å²) in [5, 5.41) is 13.9. The minimum absolute atomic E-state index is 0.0391. The van der Waals surface area contributed by atoms with Crippen molar-refractivity contribution in [3.05, 3.63) is 0 Å². The molecule has 0 aliphatic heterocycles. The maximum absolute atomic E-state index is 12.2. The molecule has 0 aromatic carbocycles. The fraction of sp³-hybridized carbons (Fsp3) is 0.769. The molecule has 2 amide bonds. The average Bonchev–Trinajstić information content (AvgIpc) is 2.42. The van der Waals surface area contributed by atoms with Crippen molar-refractivity contribution in [1.82, 2.24) is 10.6 Å². The molecule has 0 heterocycles. The van der Waals surface area contributed by atoms with Crippen LogP contribution in [0.5, 0.6) is 0 Å².